The van der Waals surface area contributed by atoms with Gasteiger partial charge in [0.05, 0.1) is 6.10 Å². The molecule has 0 aromatic rings. The number of carbonyl (C=O) groups excluding carboxylic acids is 2. The van der Waals surface area contributed by atoms with E-state index in [0.717, 1.165) is 6.42 Å². The van der Waals surface area contributed by atoms with Crippen molar-refractivity contribution in [2.24, 2.45) is 28.6 Å². The number of allylic oxidation sites excluding steroid dienone is 1. The van der Waals surface area contributed by atoms with Crippen LogP contribution in [0.15, 0.2) is 11.6 Å². The molecule has 26 heavy (non-hydrogen) atoms. The maximum absolute atomic E-state index is 12.3. The lowest BCUT2D eigenvalue weighted by Crippen LogP contribution is -2.58. The third kappa shape index (κ3) is 2.14. The number of fused-ring (bicyclic) bond motifs is 5. The summed E-state index contributed by atoms with van der Waals surface area (Å²) in [6.45, 7) is 3.53. The lowest BCUT2D eigenvalue weighted by Gasteiger charge is -2.58. The quantitative estimate of drug-likeness (QED) is 0.651. The Labute approximate surface area is 154 Å². The summed E-state index contributed by atoms with van der Waals surface area (Å²) < 4.78 is 0. The van der Waals surface area contributed by atoms with E-state index in [1.165, 1.54) is 5.57 Å². The molecule has 3 N–H and O–H groups in total. The van der Waals surface area contributed by atoms with E-state index in [0.29, 0.717) is 44.3 Å². The van der Waals surface area contributed by atoms with Crippen LogP contribution in [-0.4, -0.2) is 45.2 Å². The third-order valence-electron chi connectivity index (χ3n) is 8.62. The average Bonchev–Trinajstić information content (AvgIpc) is 2.88. The van der Waals surface area contributed by atoms with Crippen molar-refractivity contribution in [3.05, 3.63) is 11.6 Å². The third-order valence-corrected chi connectivity index (χ3v) is 8.62. The van der Waals surface area contributed by atoms with Crippen molar-refractivity contribution in [2.75, 3.05) is 6.61 Å². The molecule has 4 aliphatic carbocycles. The SMILES string of the molecule is C[C@]12CC=C3C(C1CC[C@]2(O)C(=O)CO)[C@H](O)C[C@@H]1CC(=O)CC[C@]31C. The molecule has 0 aromatic heterocycles. The van der Waals surface area contributed by atoms with Gasteiger partial charge in [0.2, 0.25) is 0 Å². The Morgan fingerprint density at radius 2 is 2.04 bits per heavy atom. The highest BCUT2D eigenvalue weighted by Crippen LogP contribution is 2.66. The van der Waals surface area contributed by atoms with Gasteiger partial charge in [0, 0.05) is 24.2 Å². The second-order valence-electron chi connectivity index (χ2n) is 9.55. The van der Waals surface area contributed by atoms with Gasteiger partial charge in [0.15, 0.2) is 5.78 Å². The summed E-state index contributed by atoms with van der Waals surface area (Å²) in [5.74, 6) is -0.0674. The average molecular weight is 362 g/mol. The largest absolute Gasteiger partial charge is 0.392 e. The molecule has 0 spiro atoms. The summed E-state index contributed by atoms with van der Waals surface area (Å²) in [7, 11) is 0. The van der Waals surface area contributed by atoms with Crippen LogP contribution in [0.25, 0.3) is 0 Å². The van der Waals surface area contributed by atoms with Crippen LogP contribution in [0.3, 0.4) is 0 Å². The number of aliphatic hydroxyl groups excluding tert-OH is 2. The molecule has 5 heteroatoms. The van der Waals surface area contributed by atoms with Gasteiger partial charge in [-0.15, -0.1) is 0 Å². The molecule has 144 valence electrons. The van der Waals surface area contributed by atoms with E-state index >= 15 is 0 Å². The lowest BCUT2D eigenvalue weighted by molar-refractivity contribution is -0.158. The number of hydrogen-bond donors (Lipinski definition) is 3. The van der Waals surface area contributed by atoms with Crippen LogP contribution in [0.1, 0.15) is 58.8 Å². The molecule has 0 bridgehead atoms. The summed E-state index contributed by atoms with van der Waals surface area (Å²) in [4.78, 5) is 24.3. The number of ketones is 2. The van der Waals surface area contributed by atoms with Crippen molar-refractivity contribution >= 4 is 11.6 Å². The fourth-order valence-electron chi connectivity index (χ4n) is 6.89. The molecule has 0 aliphatic heterocycles. The van der Waals surface area contributed by atoms with E-state index in [1.807, 2.05) is 6.92 Å². The molecule has 7 atom stereocenters. The molecule has 0 radical (unpaired) electrons. The van der Waals surface area contributed by atoms with Crippen LogP contribution in [0, 0.1) is 28.6 Å². The van der Waals surface area contributed by atoms with Gasteiger partial charge in [-0.3, -0.25) is 9.59 Å². The lowest BCUT2D eigenvalue weighted by atomic mass is 9.47. The van der Waals surface area contributed by atoms with Crippen LogP contribution in [-0.2, 0) is 9.59 Å². The first-order valence-electron chi connectivity index (χ1n) is 9.94. The molecule has 0 aromatic carbocycles. The molecule has 4 rings (SSSR count). The minimum absolute atomic E-state index is 0.0217. The number of carbonyl (C=O) groups is 2. The zero-order valence-corrected chi connectivity index (χ0v) is 15.7. The van der Waals surface area contributed by atoms with Crippen LogP contribution >= 0.6 is 0 Å². The van der Waals surface area contributed by atoms with Gasteiger partial charge < -0.3 is 15.3 Å². The Morgan fingerprint density at radius 3 is 2.73 bits per heavy atom. The van der Waals surface area contributed by atoms with E-state index in [4.69, 9.17) is 0 Å². The number of aliphatic hydroxyl groups is 3. The van der Waals surface area contributed by atoms with Gasteiger partial charge in [-0.05, 0) is 49.4 Å². The van der Waals surface area contributed by atoms with Crippen LogP contribution in [0.5, 0.6) is 0 Å². The zero-order valence-electron chi connectivity index (χ0n) is 15.7. The van der Waals surface area contributed by atoms with Crippen molar-refractivity contribution in [1.29, 1.82) is 0 Å². The second kappa shape index (κ2) is 5.73. The smallest absolute Gasteiger partial charge is 0.190 e. The molecule has 2 unspecified atom stereocenters. The fourth-order valence-corrected chi connectivity index (χ4v) is 6.89. The molecule has 0 saturated heterocycles. The summed E-state index contributed by atoms with van der Waals surface area (Å²) in [5, 5.41) is 31.5. The molecular weight excluding hydrogens is 332 g/mol. The number of Topliss-reactive ketones (excluding diaryl/α,β-unsaturated/α-hetero) is 2. The van der Waals surface area contributed by atoms with E-state index in [2.05, 4.69) is 13.0 Å². The predicted molar refractivity (Wildman–Crippen MR) is 95.1 cm³/mol. The highest BCUT2D eigenvalue weighted by atomic mass is 16.3. The highest BCUT2D eigenvalue weighted by molar-refractivity contribution is 5.89. The maximum atomic E-state index is 12.3. The summed E-state index contributed by atoms with van der Waals surface area (Å²) in [6, 6.07) is 0. The van der Waals surface area contributed by atoms with Gasteiger partial charge in [0.1, 0.15) is 18.0 Å². The Kier molecular flexibility index (Phi) is 4.04. The topological polar surface area (TPSA) is 94.8 Å². The van der Waals surface area contributed by atoms with Crippen molar-refractivity contribution in [1.82, 2.24) is 0 Å². The van der Waals surface area contributed by atoms with Crippen molar-refractivity contribution in [2.45, 2.75) is 70.5 Å². The van der Waals surface area contributed by atoms with Crippen molar-refractivity contribution in [3.8, 4) is 0 Å². The first-order chi connectivity index (χ1) is 12.2. The molecular formula is C21H30O5. The molecule has 0 heterocycles. The molecule has 4 aliphatic rings. The molecule has 0 amide bonds. The van der Waals surface area contributed by atoms with Crippen LogP contribution in [0.4, 0.5) is 0 Å². The van der Waals surface area contributed by atoms with Gasteiger partial charge in [0.25, 0.3) is 0 Å². The standard InChI is InChI=1S/C21H30O5/c1-19-6-3-13(23)9-12(19)10-16(24)18-14(19)4-7-20(2)15(18)5-8-21(20,26)17(25)11-22/h4,12,15-16,18,22,24,26H,3,5-11H2,1-2H3/t12-,15?,16+,18?,19-,20-,21-/m0/s1. The summed E-state index contributed by atoms with van der Waals surface area (Å²) >= 11 is 0. The van der Waals surface area contributed by atoms with Crippen LogP contribution in [0.2, 0.25) is 0 Å². The minimum Gasteiger partial charge on any atom is -0.392 e. The zero-order chi connectivity index (χ0) is 18.9. The van der Waals surface area contributed by atoms with Crippen molar-refractivity contribution < 1.29 is 24.9 Å². The molecule has 3 saturated carbocycles. The Bertz CT molecular complexity index is 684. The van der Waals surface area contributed by atoms with Crippen LogP contribution < -0.4 is 0 Å². The normalized spacial score (nSPS) is 50.5. The predicted octanol–water partition coefficient (Wildman–Crippen LogP) is 1.78. The Balaban J connectivity index is 1.76. The highest BCUT2D eigenvalue weighted by Gasteiger charge is 2.66. The Hall–Kier alpha value is -1.04. The number of hydrogen-bond acceptors (Lipinski definition) is 5. The first kappa shape index (κ1) is 18.3. The van der Waals surface area contributed by atoms with E-state index in [9.17, 15) is 24.9 Å². The van der Waals surface area contributed by atoms with Crippen molar-refractivity contribution in [3.63, 3.8) is 0 Å². The summed E-state index contributed by atoms with van der Waals surface area (Å²) in [5.41, 5.74) is -0.998. The number of rotatable bonds is 2. The Morgan fingerprint density at radius 1 is 1.31 bits per heavy atom. The molecule has 3 fully saturated rings. The van der Waals surface area contributed by atoms with Gasteiger partial charge >= 0.3 is 0 Å². The second-order valence-corrected chi connectivity index (χ2v) is 9.55. The van der Waals surface area contributed by atoms with E-state index in [-0.39, 0.29) is 23.2 Å². The van der Waals surface area contributed by atoms with E-state index < -0.39 is 29.5 Å². The summed E-state index contributed by atoms with van der Waals surface area (Å²) in [6.07, 6.45) is 5.80. The molecule has 5 nitrogen and oxygen atoms in total. The fraction of sp³-hybridized carbons (Fsp3) is 0.810. The first-order valence-corrected chi connectivity index (χ1v) is 9.94. The van der Waals surface area contributed by atoms with Gasteiger partial charge in [-0.2, -0.15) is 0 Å². The monoisotopic (exact) mass is 362 g/mol. The maximum Gasteiger partial charge on any atom is 0.190 e. The van der Waals surface area contributed by atoms with Gasteiger partial charge in [-0.25, -0.2) is 0 Å². The van der Waals surface area contributed by atoms with E-state index in [1.54, 1.807) is 0 Å². The van der Waals surface area contributed by atoms with Gasteiger partial charge in [-0.1, -0.05) is 25.5 Å². The minimum atomic E-state index is -1.52.